The molecule has 1 aromatic heterocycles. The third kappa shape index (κ3) is 2.66. The molecule has 21 heavy (non-hydrogen) atoms. The van der Waals surface area contributed by atoms with Crippen LogP contribution in [0.25, 0.3) is 5.57 Å². The number of aromatic nitrogens is 1. The van der Waals surface area contributed by atoms with Gasteiger partial charge >= 0.3 is 0 Å². The lowest BCUT2D eigenvalue weighted by atomic mass is 9.97. The smallest absolute Gasteiger partial charge is 0.264 e. The predicted octanol–water partition coefficient (Wildman–Crippen LogP) is 3.54. The number of H-pyrrole nitrogens is 1. The van der Waals surface area contributed by atoms with E-state index in [0.29, 0.717) is 9.23 Å². The zero-order valence-electron chi connectivity index (χ0n) is 11.7. The first-order chi connectivity index (χ1) is 10.1. The number of thiocarbonyl (C=S) groups is 1. The number of carbonyl (C=O) groups excluding carboxylic acids is 1. The molecular weight excluding hydrogens is 300 g/mol. The van der Waals surface area contributed by atoms with Crippen LogP contribution in [0.5, 0.6) is 0 Å². The zero-order valence-corrected chi connectivity index (χ0v) is 13.3. The van der Waals surface area contributed by atoms with E-state index in [0.717, 1.165) is 28.1 Å². The van der Waals surface area contributed by atoms with Crippen molar-refractivity contribution >= 4 is 39.8 Å². The summed E-state index contributed by atoms with van der Waals surface area (Å²) in [7, 11) is 0. The summed E-state index contributed by atoms with van der Waals surface area (Å²) in [4.78, 5) is 16.2. The highest BCUT2D eigenvalue weighted by atomic mass is 32.2. The van der Waals surface area contributed by atoms with Crippen LogP contribution in [0.1, 0.15) is 22.5 Å². The maximum absolute atomic E-state index is 12.2. The van der Waals surface area contributed by atoms with Gasteiger partial charge in [0.05, 0.1) is 4.91 Å². The van der Waals surface area contributed by atoms with E-state index in [-0.39, 0.29) is 5.91 Å². The van der Waals surface area contributed by atoms with Gasteiger partial charge in [-0.2, -0.15) is 0 Å². The molecule has 106 valence electrons. The van der Waals surface area contributed by atoms with Crippen molar-refractivity contribution in [1.29, 1.82) is 0 Å². The van der Waals surface area contributed by atoms with E-state index in [1.807, 2.05) is 44.2 Å². The molecule has 0 bridgehead atoms. The lowest BCUT2D eigenvalue weighted by Gasteiger charge is -2.10. The van der Waals surface area contributed by atoms with Gasteiger partial charge in [-0.1, -0.05) is 54.3 Å². The Bertz CT molecular complexity index is 760. The summed E-state index contributed by atoms with van der Waals surface area (Å²) in [6, 6.07) is 12.0. The van der Waals surface area contributed by atoms with Gasteiger partial charge in [0.15, 0.2) is 0 Å². The van der Waals surface area contributed by atoms with Crippen molar-refractivity contribution in [3.05, 3.63) is 63.8 Å². The fraction of sp³-hybridized carbons (Fsp3) is 0.125. The van der Waals surface area contributed by atoms with Crippen LogP contribution >= 0.6 is 24.0 Å². The van der Waals surface area contributed by atoms with Crippen LogP contribution in [0.2, 0.25) is 0 Å². The average molecular weight is 314 g/mol. The van der Waals surface area contributed by atoms with Crippen LogP contribution in [0.3, 0.4) is 0 Å². The number of amides is 1. The van der Waals surface area contributed by atoms with Gasteiger partial charge in [0.25, 0.3) is 5.91 Å². The fourth-order valence-corrected chi connectivity index (χ4v) is 3.62. The predicted molar refractivity (Wildman–Crippen MR) is 91.1 cm³/mol. The number of hydrogen-bond acceptors (Lipinski definition) is 3. The van der Waals surface area contributed by atoms with Gasteiger partial charge in [0.2, 0.25) is 0 Å². The van der Waals surface area contributed by atoms with E-state index in [2.05, 4.69) is 16.4 Å². The van der Waals surface area contributed by atoms with Crippen LogP contribution in [0.15, 0.2) is 41.3 Å². The first-order valence-corrected chi connectivity index (χ1v) is 7.78. The molecule has 5 heteroatoms. The molecule has 0 aliphatic carbocycles. The molecule has 1 saturated heterocycles. The highest BCUT2D eigenvalue weighted by Gasteiger charge is 2.28. The summed E-state index contributed by atoms with van der Waals surface area (Å²) in [5.41, 5.74) is 5.11. The maximum Gasteiger partial charge on any atom is 0.264 e. The quantitative estimate of drug-likeness (QED) is 0.658. The Hall–Kier alpha value is -1.85. The first kappa shape index (κ1) is 14.1. The second-order valence-electron chi connectivity index (χ2n) is 4.90. The summed E-state index contributed by atoms with van der Waals surface area (Å²) in [5, 5.41) is 2.70. The Labute approximate surface area is 132 Å². The molecule has 1 aromatic carbocycles. The lowest BCUT2D eigenvalue weighted by molar-refractivity contribution is -0.115. The van der Waals surface area contributed by atoms with E-state index in [1.165, 1.54) is 11.8 Å². The van der Waals surface area contributed by atoms with Gasteiger partial charge in [0, 0.05) is 22.5 Å². The van der Waals surface area contributed by atoms with Crippen LogP contribution in [-0.2, 0) is 4.79 Å². The van der Waals surface area contributed by atoms with Gasteiger partial charge in [0.1, 0.15) is 4.32 Å². The number of nitrogens with one attached hydrogen (secondary N) is 2. The van der Waals surface area contributed by atoms with Gasteiger partial charge in [-0.3, -0.25) is 4.79 Å². The summed E-state index contributed by atoms with van der Waals surface area (Å²) in [6.45, 7) is 4.03. The SMILES string of the molecule is Cc1cc(C(=C2SC(=S)NC2=O)c2ccccc2)c(C)[nH]1. The first-order valence-electron chi connectivity index (χ1n) is 6.55. The number of rotatable bonds is 2. The number of benzene rings is 1. The van der Waals surface area contributed by atoms with Crippen molar-refractivity contribution in [3.63, 3.8) is 0 Å². The normalized spacial score (nSPS) is 17.0. The van der Waals surface area contributed by atoms with Crippen molar-refractivity contribution in [3.8, 4) is 0 Å². The van der Waals surface area contributed by atoms with Crippen molar-refractivity contribution in [1.82, 2.24) is 10.3 Å². The van der Waals surface area contributed by atoms with E-state index >= 15 is 0 Å². The molecule has 3 rings (SSSR count). The minimum Gasteiger partial charge on any atom is -0.362 e. The van der Waals surface area contributed by atoms with E-state index < -0.39 is 0 Å². The van der Waals surface area contributed by atoms with E-state index in [1.54, 1.807) is 0 Å². The van der Waals surface area contributed by atoms with Gasteiger partial charge in [-0.25, -0.2) is 0 Å². The minimum atomic E-state index is -0.123. The Morgan fingerprint density at radius 1 is 1.19 bits per heavy atom. The molecule has 0 saturated carbocycles. The third-order valence-corrected chi connectivity index (χ3v) is 4.56. The van der Waals surface area contributed by atoms with Gasteiger partial charge in [-0.15, -0.1) is 0 Å². The van der Waals surface area contributed by atoms with Crippen LogP contribution in [0.4, 0.5) is 0 Å². The molecule has 0 spiro atoms. The van der Waals surface area contributed by atoms with Crippen molar-refractivity contribution < 1.29 is 4.79 Å². The summed E-state index contributed by atoms with van der Waals surface area (Å²) in [5.74, 6) is -0.123. The number of aryl methyl sites for hydroxylation is 2. The van der Waals surface area contributed by atoms with Gasteiger partial charge < -0.3 is 10.3 Å². The number of hydrogen-bond donors (Lipinski definition) is 2. The Morgan fingerprint density at radius 3 is 2.43 bits per heavy atom. The number of carbonyl (C=O) groups is 1. The molecule has 0 radical (unpaired) electrons. The number of aromatic amines is 1. The Kier molecular flexibility index (Phi) is 3.69. The molecule has 2 N–H and O–H groups in total. The highest BCUT2D eigenvalue weighted by molar-refractivity contribution is 8.26. The molecule has 2 heterocycles. The average Bonchev–Trinajstić information content (AvgIpc) is 2.94. The zero-order chi connectivity index (χ0) is 15.0. The molecule has 1 aliphatic heterocycles. The van der Waals surface area contributed by atoms with Crippen LogP contribution in [-0.4, -0.2) is 15.2 Å². The molecular formula is C16H14N2OS2. The van der Waals surface area contributed by atoms with Crippen LogP contribution in [0, 0.1) is 13.8 Å². The summed E-state index contributed by atoms with van der Waals surface area (Å²) >= 11 is 6.45. The van der Waals surface area contributed by atoms with Crippen molar-refractivity contribution in [2.75, 3.05) is 0 Å². The second-order valence-corrected chi connectivity index (χ2v) is 6.59. The topological polar surface area (TPSA) is 44.9 Å². The molecule has 0 atom stereocenters. The highest BCUT2D eigenvalue weighted by Crippen LogP contribution is 2.37. The molecule has 1 aliphatic rings. The molecule has 1 fully saturated rings. The summed E-state index contributed by atoms with van der Waals surface area (Å²) < 4.78 is 0.508. The monoisotopic (exact) mass is 314 g/mol. The largest absolute Gasteiger partial charge is 0.362 e. The molecule has 3 nitrogen and oxygen atoms in total. The van der Waals surface area contributed by atoms with Crippen molar-refractivity contribution in [2.45, 2.75) is 13.8 Å². The number of thioether (sulfide) groups is 1. The van der Waals surface area contributed by atoms with Gasteiger partial charge in [-0.05, 0) is 25.5 Å². The molecule has 2 aromatic rings. The standard InChI is InChI=1S/C16H14N2OS2/c1-9-8-12(10(2)17-9)13(11-6-4-3-5-7-11)14-15(19)18-16(20)21-14/h3-8,17H,1-2H3,(H,18,19,20). The molecule has 0 unspecified atom stereocenters. The third-order valence-electron chi connectivity index (χ3n) is 3.32. The fourth-order valence-electron chi connectivity index (χ4n) is 2.48. The van der Waals surface area contributed by atoms with E-state index in [9.17, 15) is 4.79 Å². The second kappa shape index (κ2) is 5.50. The molecule has 1 amide bonds. The lowest BCUT2D eigenvalue weighted by Crippen LogP contribution is -2.18. The summed E-state index contributed by atoms with van der Waals surface area (Å²) in [6.07, 6.45) is 0. The minimum absolute atomic E-state index is 0.123. The maximum atomic E-state index is 12.2. The van der Waals surface area contributed by atoms with Crippen LogP contribution < -0.4 is 5.32 Å². The van der Waals surface area contributed by atoms with E-state index in [4.69, 9.17) is 12.2 Å². The Morgan fingerprint density at radius 2 is 1.90 bits per heavy atom. The van der Waals surface area contributed by atoms with Crippen molar-refractivity contribution in [2.24, 2.45) is 0 Å². The Balaban J connectivity index is 2.26.